The molecule has 6 heteroatoms. The maximum atomic E-state index is 13.4. The predicted molar refractivity (Wildman–Crippen MR) is 119 cm³/mol. The van der Waals surface area contributed by atoms with E-state index < -0.39 is 13.6 Å². The van der Waals surface area contributed by atoms with Crippen molar-refractivity contribution in [3.63, 3.8) is 0 Å². The molecule has 0 saturated carbocycles. The summed E-state index contributed by atoms with van der Waals surface area (Å²) in [5.41, 5.74) is 1.91. The number of carboxylic acids is 1. The first-order valence-corrected chi connectivity index (χ1v) is 12.3. The van der Waals surface area contributed by atoms with Crippen LogP contribution in [0.5, 0.6) is 0 Å². The molecule has 2 atom stereocenters. The number of carboxylic acid groups (broad SMARTS) is 1. The molecule has 0 heterocycles. The predicted octanol–water partition coefficient (Wildman–Crippen LogP) is 6.53. The fourth-order valence-electron chi connectivity index (χ4n) is 3.33. The molecule has 0 spiro atoms. The van der Waals surface area contributed by atoms with E-state index in [9.17, 15) is 9.36 Å². The zero-order valence-electron chi connectivity index (χ0n) is 17.9. The number of benzene rings is 2. The fourth-order valence-corrected chi connectivity index (χ4v) is 5.11. The van der Waals surface area contributed by atoms with Crippen molar-refractivity contribution in [2.24, 2.45) is 11.8 Å². The molecule has 2 aromatic carbocycles. The molecule has 0 bridgehead atoms. The Morgan fingerprint density at radius 2 is 1.33 bits per heavy atom. The van der Waals surface area contributed by atoms with E-state index in [1.807, 2.05) is 60.7 Å². The third kappa shape index (κ3) is 9.71. The molecule has 0 aliphatic heterocycles. The second kappa shape index (κ2) is 12.7. The highest BCUT2D eigenvalue weighted by Gasteiger charge is 2.26. The van der Waals surface area contributed by atoms with Gasteiger partial charge in [0.05, 0.1) is 19.4 Å². The molecule has 0 saturated heterocycles. The van der Waals surface area contributed by atoms with Crippen LogP contribution in [0.4, 0.5) is 0 Å². The summed E-state index contributed by atoms with van der Waals surface area (Å²) < 4.78 is 25.1. The third-order valence-corrected chi connectivity index (χ3v) is 6.94. The molecule has 5 nitrogen and oxygen atoms in total. The van der Waals surface area contributed by atoms with E-state index in [0.29, 0.717) is 30.8 Å². The summed E-state index contributed by atoms with van der Waals surface area (Å²) >= 11 is 0. The number of rotatable bonds is 14. The molecular weight excluding hydrogens is 399 g/mol. The van der Waals surface area contributed by atoms with Gasteiger partial charge in [-0.1, -0.05) is 74.5 Å². The Bertz CT molecular complexity index is 746. The zero-order chi connectivity index (χ0) is 21.8. The second-order valence-corrected chi connectivity index (χ2v) is 10.2. The summed E-state index contributed by atoms with van der Waals surface area (Å²) in [4.78, 5) is 10.8. The van der Waals surface area contributed by atoms with Gasteiger partial charge in [0.2, 0.25) is 0 Å². The number of aliphatic carboxylic acids is 1. The topological polar surface area (TPSA) is 72.8 Å². The van der Waals surface area contributed by atoms with E-state index in [1.54, 1.807) is 0 Å². The van der Waals surface area contributed by atoms with Crippen LogP contribution in [0, 0.1) is 11.8 Å². The van der Waals surface area contributed by atoms with E-state index in [-0.39, 0.29) is 19.6 Å². The SMILES string of the molecule is CC(CCC(=O)O)CC(C)CCP(=O)(OCc1ccccc1)OCc1ccccc1. The number of carbonyl (C=O) groups is 1. The lowest BCUT2D eigenvalue weighted by atomic mass is 9.92. The van der Waals surface area contributed by atoms with Crippen LogP contribution in [0.1, 0.15) is 50.7 Å². The quantitative estimate of drug-likeness (QED) is 0.344. The maximum Gasteiger partial charge on any atom is 0.331 e. The second-order valence-electron chi connectivity index (χ2n) is 8.02. The van der Waals surface area contributed by atoms with Crippen molar-refractivity contribution in [3.05, 3.63) is 71.8 Å². The van der Waals surface area contributed by atoms with Crippen molar-refractivity contribution in [2.45, 2.75) is 52.7 Å². The molecule has 2 aromatic rings. The van der Waals surface area contributed by atoms with E-state index in [0.717, 1.165) is 17.5 Å². The summed E-state index contributed by atoms with van der Waals surface area (Å²) in [6.07, 6.45) is 2.79. The van der Waals surface area contributed by atoms with Crippen LogP contribution in [0.2, 0.25) is 0 Å². The van der Waals surface area contributed by atoms with Gasteiger partial charge in [0, 0.05) is 6.42 Å². The molecule has 0 aliphatic rings. The Hall–Kier alpha value is -1.94. The summed E-state index contributed by atoms with van der Waals surface area (Å²) in [5, 5.41) is 8.84. The summed E-state index contributed by atoms with van der Waals surface area (Å²) in [6, 6.07) is 19.3. The summed E-state index contributed by atoms with van der Waals surface area (Å²) in [5.74, 6) is -0.142. The highest BCUT2D eigenvalue weighted by atomic mass is 31.2. The van der Waals surface area contributed by atoms with Crippen LogP contribution in [-0.4, -0.2) is 17.2 Å². The van der Waals surface area contributed by atoms with Crippen LogP contribution >= 0.6 is 7.60 Å². The lowest BCUT2D eigenvalue weighted by molar-refractivity contribution is -0.137. The third-order valence-electron chi connectivity index (χ3n) is 5.09. The Labute approximate surface area is 180 Å². The Balaban J connectivity index is 1.92. The highest BCUT2D eigenvalue weighted by molar-refractivity contribution is 7.53. The molecule has 1 N–H and O–H groups in total. The first-order valence-electron chi connectivity index (χ1n) is 10.5. The van der Waals surface area contributed by atoms with Gasteiger partial charge in [0.15, 0.2) is 0 Å². The molecule has 164 valence electrons. The first-order chi connectivity index (χ1) is 14.4. The van der Waals surface area contributed by atoms with Crippen molar-refractivity contribution in [1.82, 2.24) is 0 Å². The van der Waals surface area contributed by atoms with Crippen molar-refractivity contribution in [3.8, 4) is 0 Å². The van der Waals surface area contributed by atoms with Gasteiger partial charge in [-0.15, -0.1) is 0 Å². The Morgan fingerprint density at radius 1 is 0.867 bits per heavy atom. The largest absolute Gasteiger partial charge is 0.481 e. The van der Waals surface area contributed by atoms with Crippen molar-refractivity contribution in [2.75, 3.05) is 6.16 Å². The van der Waals surface area contributed by atoms with E-state index in [1.165, 1.54) is 0 Å². The Morgan fingerprint density at radius 3 is 1.80 bits per heavy atom. The van der Waals surface area contributed by atoms with Gasteiger partial charge in [-0.3, -0.25) is 9.36 Å². The lowest BCUT2D eigenvalue weighted by Gasteiger charge is -2.22. The molecule has 0 aromatic heterocycles. The van der Waals surface area contributed by atoms with Gasteiger partial charge in [0.1, 0.15) is 0 Å². The molecule has 0 aliphatic carbocycles. The van der Waals surface area contributed by atoms with Crippen molar-refractivity contribution in [1.29, 1.82) is 0 Å². The summed E-state index contributed by atoms with van der Waals surface area (Å²) in [7, 11) is -3.27. The summed E-state index contributed by atoms with van der Waals surface area (Å²) in [6.45, 7) is 4.67. The molecular formula is C24H33O5P. The van der Waals surface area contributed by atoms with Gasteiger partial charge in [0.25, 0.3) is 0 Å². The average molecular weight is 432 g/mol. The van der Waals surface area contributed by atoms with Crippen LogP contribution in [0.25, 0.3) is 0 Å². The fraction of sp³-hybridized carbons (Fsp3) is 0.458. The smallest absolute Gasteiger partial charge is 0.331 e. The minimum absolute atomic E-state index is 0.187. The van der Waals surface area contributed by atoms with Crippen LogP contribution < -0.4 is 0 Å². The molecule has 30 heavy (non-hydrogen) atoms. The Kier molecular flexibility index (Phi) is 10.3. The van der Waals surface area contributed by atoms with Gasteiger partial charge >= 0.3 is 13.6 Å². The normalized spacial score (nSPS) is 13.7. The minimum atomic E-state index is -3.27. The minimum Gasteiger partial charge on any atom is -0.481 e. The van der Waals surface area contributed by atoms with E-state index in [4.69, 9.17) is 14.2 Å². The van der Waals surface area contributed by atoms with Crippen LogP contribution in [0.15, 0.2) is 60.7 Å². The van der Waals surface area contributed by atoms with Crippen molar-refractivity contribution >= 4 is 13.6 Å². The van der Waals surface area contributed by atoms with Gasteiger partial charge in [-0.25, -0.2) is 0 Å². The molecule has 0 radical (unpaired) electrons. The first kappa shape index (κ1) is 24.3. The highest BCUT2D eigenvalue weighted by Crippen LogP contribution is 2.51. The number of hydrogen-bond acceptors (Lipinski definition) is 4. The molecule has 0 fully saturated rings. The molecule has 2 unspecified atom stereocenters. The lowest BCUT2D eigenvalue weighted by Crippen LogP contribution is -2.09. The zero-order valence-corrected chi connectivity index (χ0v) is 18.8. The average Bonchev–Trinajstić information content (AvgIpc) is 2.75. The number of hydrogen-bond donors (Lipinski definition) is 1. The maximum absolute atomic E-state index is 13.4. The van der Waals surface area contributed by atoms with Crippen molar-refractivity contribution < 1.29 is 23.5 Å². The molecule has 0 amide bonds. The van der Waals surface area contributed by atoms with Gasteiger partial charge < -0.3 is 14.2 Å². The standard InChI is InChI=1S/C24H33O5P/c1-20(13-14-24(25)26)17-21(2)15-16-30(27,28-18-22-9-5-3-6-10-22)29-19-23-11-7-4-8-12-23/h3-12,20-21H,13-19H2,1-2H3,(H,25,26). The monoisotopic (exact) mass is 432 g/mol. The van der Waals surface area contributed by atoms with E-state index in [2.05, 4.69) is 13.8 Å². The van der Waals surface area contributed by atoms with Crippen LogP contribution in [0.3, 0.4) is 0 Å². The van der Waals surface area contributed by atoms with Crippen LogP contribution in [-0.2, 0) is 31.6 Å². The van der Waals surface area contributed by atoms with E-state index >= 15 is 0 Å². The molecule has 2 rings (SSSR count). The van der Waals surface area contributed by atoms with Gasteiger partial charge in [-0.05, 0) is 42.2 Å². The van der Waals surface area contributed by atoms with Gasteiger partial charge in [-0.2, -0.15) is 0 Å².